The Hall–Kier alpha value is -0.610. The lowest BCUT2D eigenvalue weighted by Crippen LogP contribution is -1.79. The molecule has 0 saturated carbocycles. The highest BCUT2D eigenvalue weighted by atomic mass is 32.2. The molecule has 0 aliphatic carbocycles. The van der Waals surface area contributed by atoms with E-state index in [1.54, 1.807) is 22.7 Å². The van der Waals surface area contributed by atoms with Gasteiger partial charge in [0.15, 0.2) is 5.13 Å². The van der Waals surface area contributed by atoms with Crippen LogP contribution in [-0.2, 0) is 0 Å². The van der Waals surface area contributed by atoms with Gasteiger partial charge >= 0.3 is 0 Å². The van der Waals surface area contributed by atoms with E-state index in [9.17, 15) is 0 Å². The summed E-state index contributed by atoms with van der Waals surface area (Å²) in [4.78, 5) is 4.18. The summed E-state index contributed by atoms with van der Waals surface area (Å²) < 4.78 is 1.23. The molecule has 4 heteroatoms. The molecule has 0 amide bonds. The number of nitrogens with zero attached hydrogens (tertiary/aromatic N) is 1. The normalized spacial score (nSPS) is 10.9. The van der Waals surface area contributed by atoms with Crippen LogP contribution in [0.4, 0.5) is 5.13 Å². The van der Waals surface area contributed by atoms with Gasteiger partial charge in [0.1, 0.15) is 4.01 Å². The molecule has 52 valence electrons. The van der Waals surface area contributed by atoms with E-state index in [1.165, 1.54) is 9.58 Å². The molecule has 2 rings (SSSR count). The number of aromatic nitrogens is 1. The molecule has 0 radical (unpaired) electrons. The van der Waals surface area contributed by atoms with Crippen LogP contribution in [0, 0.1) is 6.92 Å². The second-order valence-corrected chi connectivity index (χ2v) is 4.28. The molecule has 0 spiro atoms. The molecule has 0 aromatic carbocycles. The predicted molar refractivity (Wildman–Crippen MR) is 46.6 cm³/mol. The molecule has 0 bridgehead atoms. The Bertz CT molecular complexity index is 361. The molecule has 0 aliphatic heterocycles. The topological polar surface area (TPSA) is 38.9 Å². The fourth-order valence-electron chi connectivity index (χ4n) is 0.849. The summed E-state index contributed by atoms with van der Waals surface area (Å²) in [6.45, 7) is 2.05. The molecular formula is C6H6N2S2. The van der Waals surface area contributed by atoms with Crippen molar-refractivity contribution < 1.29 is 0 Å². The molecule has 2 aromatic heterocycles. The number of rotatable bonds is 0. The van der Waals surface area contributed by atoms with Crippen molar-refractivity contribution in [3.8, 4) is 0 Å². The van der Waals surface area contributed by atoms with E-state index < -0.39 is 0 Å². The molecule has 2 heterocycles. The van der Waals surface area contributed by atoms with Gasteiger partial charge in [-0.15, -0.1) is 11.3 Å². The van der Waals surface area contributed by atoms with Crippen LogP contribution in [0.2, 0.25) is 0 Å². The van der Waals surface area contributed by atoms with Crippen molar-refractivity contribution in [2.24, 2.45) is 0 Å². The minimum Gasteiger partial charge on any atom is -0.375 e. The van der Waals surface area contributed by atoms with Gasteiger partial charge in [0.25, 0.3) is 0 Å². The van der Waals surface area contributed by atoms with Gasteiger partial charge < -0.3 is 5.73 Å². The van der Waals surface area contributed by atoms with Crippen LogP contribution in [0.15, 0.2) is 5.38 Å². The van der Waals surface area contributed by atoms with Crippen molar-refractivity contribution in [2.75, 3.05) is 5.73 Å². The van der Waals surface area contributed by atoms with E-state index in [4.69, 9.17) is 5.73 Å². The third kappa shape index (κ3) is 0.726. The fraction of sp³-hybridized carbons (Fsp3) is 0.167. The van der Waals surface area contributed by atoms with Crippen LogP contribution in [0.3, 0.4) is 0 Å². The smallest absolute Gasteiger partial charge is 0.181 e. The van der Waals surface area contributed by atoms with Gasteiger partial charge in [0, 0.05) is 0 Å². The average molecular weight is 170 g/mol. The number of aryl methyl sites for hydroxylation is 1. The van der Waals surface area contributed by atoms with Crippen LogP contribution in [0.25, 0.3) is 9.53 Å². The van der Waals surface area contributed by atoms with Gasteiger partial charge in [0.05, 0.1) is 5.52 Å². The third-order valence-corrected chi connectivity index (χ3v) is 3.43. The molecule has 0 fully saturated rings. The predicted octanol–water partition coefficient (Wildman–Crippen LogP) is 2.25. The Morgan fingerprint density at radius 1 is 1.60 bits per heavy atom. The first-order valence-corrected chi connectivity index (χ1v) is 4.57. The van der Waals surface area contributed by atoms with Crippen molar-refractivity contribution in [1.29, 1.82) is 0 Å². The Kier molecular flexibility index (Phi) is 1.18. The zero-order valence-corrected chi connectivity index (χ0v) is 7.05. The summed E-state index contributed by atoms with van der Waals surface area (Å²) in [5.74, 6) is 0. The zero-order chi connectivity index (χ0) is 7.14. The molecular weight excluding hydrogens is 164 g/mol. The fourth-order valence-corrected chi connectivity index (χ4v) is 2.79. The summed E-state index contributed by atoms with van der Waals surface area (Å²) in [7, 11) is 0. The first-order chi connectivity index (χ1) is 4.77. The SMILES string of the molecule is Cc1csc2sc(N)nc12. The van der Waals surface area contributed by atoms with Gasteiger partial charge in [-0.05, 0) is 17.9 Å². The summed E-state index contributed by atoms with van der Waals surface area (Å²) in [5, 5.41) is 2.78. The second kappa shape index (κ2) is 1.93. The maximum absolute atomic E-state index is 5.52. The van der Waals surface area contributed by atoms with Gasteiger partial charge in [0.2, 0.25) is 0 Å². The lowest BCUT2D eigenvalue weighted by atomic mass is 10.4. The van der Waals surface area contributed by atoms with E-state index >= 15 is 0 Å². The maximum Gasteiger partial charge on any atom is 0.181 e. The third-order valence-electron chi connectivity index (χ3n) is 1.33. The van der Waals surface area contributed by atoms with Crippen LogP contribution < -0.4 is 5.73 Å². The second-order valence-electron chi connectivity index (χ2n) is 2.11. The number of fused-ring (bicyclic) bond motifs is 1. The number of thiazole rings is 1. The summed E-state index contributed by atoms with van der Waals surface area (Å²) in [6, 6.07) is 0. The van der Waals surface area contributed by atoms with E-state index in [-0.39, 0.29) is 0 Å². The number of nitrogens with two attached hydrogens (primary N) is 1. The lowest BCUT2D eigenvalue weighted by Gasteiger charge is -1.77. The van der Waals surface area contributed by atoms with Gasteiger partial charge in [-0.1, -0.05) is 11.3 Å². The lowest BCUT2D eigenvalue weighted by molar-refractivity contribution is 1.45. The minimum absolute atomic E-state index is 0.671. The molecule has 0 atom stereocenters. The quantitative estimate of drug-likeness (QED) is 0.658. The summed E-state index contributed by atoms with van der Waals surface area (Å²) in [6.07, 6.45) is 0. The van der Waals surface area contributed by atoms with Gasteiger partial charge in [-0.25, -0.2) is 4.98 Å². The largest absolute Gasteiger partial charge is 0.375 e. The maximum atomic E-state index is 5.52. The van der Waals surface area contributed by atoms with Crippen molar-refractivity contribution in [3.05, 3.63) is 10.9 Å². The average Bonchev–Trinajstić information content (AvgIpc) is 2.35. The van der Waals surface area contributed by atoms with E-state index in [1.807, 2.05) is 0 Å². The van der Waals surface area contributed by atoms with Crippen LogP contribution in [0.5, 0.6) is 0 Å². The van der Waals surface area contributed by atoms with Crippen molar-refractivity contribution >= 4 is 37.3 Å². The van der Waals surface area contributed by atoms with Crippen molar-refractivity contribution in [3.63, 3.8) is 0 Å². The Morgan fingerprint density at radius 3 is 3.10 bits per heavy atom. The molecule has 2 nitrogen and oxygen atoms in total. The summed E-state index contributed by atoms with van der Waals surface area (Å²) in [5.41, 5.74) is 7.82. The number of hydrogen-bond donors (Lipinski definition) is 1. The Labute approximate surface area is 66.3 Å². The number of anilines is 1. The van der Waals surface area contributed by atoms with E-state index in [0.29, 0.717) is 5.13 Å². The van der Waals surface area contributed by atoms with Crippen LogP contribution in [0.1, 0.15) is 5.56 Å². The molecule has 0 unspecified atom stereocenters. The van der Waals surface area contributed by atoms with Crippen LogP contribution >= 0.6 is 22.7 Å². The molecule has 2 N–H and O–H groups in total. The molecule has 2 aromatic rings. The number of hydrogen-bond acceptors (Lipinski definition) is 4. The van der Waals surface area contributed by atoms with Crippen molar-refractivity contribution in [1.82, 2.24) is 4.98 Å². The standard InChI is InChI=1S/C6H6N2S2/c1-3-2-9-5-4(3)8-6(7)10-5/h2H,1H3,(H2,7,8). The van der Waals surface area contributed by atoms with E-state index in [2.05, 4.69) is 17.3 Å². The Morgan fingerprint density at radius 2 is 2.40 bits per heavy atom. The first-order valence-electron chi connectivity index (χ1n) is 2.87. The van der Waals surface area contributed by atoms with Crippen molar-refractivity contribution in [2.45, 2.75) is 6.92 Å². The minimum atomic E-state index is 0.671. The molecule has 0 saturated heterocycles. The van der Waals surface area contributed by atoms with E-state index in [0.717, 1.165) is 5.52 Å². The highest BCUT2D eigenvalue weighted by Crippen LogP contribution is 2.31. The zero-order valence-electron chi connectivity index (χ0n) is 5.42. The Balaban J connectivity index is 2.90. The number of thiophene rings is 1. The van der Waals surface area contributed by atoms with Crippen LogP contribution in [-0.4, -0.2) is 4.98 Å². The highest BCUT2D eigenvalue weighted by Gasteiger charge is 2.04. The highest BCUT2D eigenvalue weighted by molar-refractivity contribution is 7.39. The molecule has 0 aliphatic rings. The summed E-state index contributed by atoms with van der Waals surface area (Å²) >= 11 is 3.27. The monoisotopic (exact) mass is 170 g/mol. The van der Waals surface area contributed by atoms with Gasteiger partial charge in [-0.2, -0.15) is 0 Å². The van der Waals surface area contributed by atoms with Gasteiger partial charge in [-0.3, -0.25) is 0 Å². The molecule has 10 heavy (non-hydrogen) atoms. The first kappa shape index (κ1) is 6.12. The number of nitrogen functional groups attached to an aromatic ring is 1.